The van der Waals surface area contributed by atoms with E-state index in [0.717, 1.165) is 0 Å². The molecule has 0 aliphatic rings. The standard InChI is InChI=1S/C10H20O13P2/c11-7(1-3-21-24(15,16)17)5-10(14)23-8(6-9(12)13)2-4-22-25(18,19)20/h7-8,11H,1-6H2,(H,12,13)(H2,15,16,17)(H2,18,19,20). The van der Waals surface area contributed by atoms with Gasteiger partial charge in [0, 0.05) is 6.42 Å². The maximum absolute atomic E-state index is 11.6. The summed E-state index contributed by atoms with van der Waals surface area (Å²) >= 11 is 0. The van der Waals surface area contributed by atoms with Gasteiger partial charge in [-0.2, -0.15) is 0 Å². The van der Waals surface area contributed by atoms with Gasteiger partial charge in [0.2, 0.25) is 0 Å². The van der Waals surface area contributed by atoms with Gasteiger partial charge in [-0.1, -0.05) is 0 Å². The molecule has 0 heterocycles. The van der Waals surface area contributed by atoms with Crippen molar-refractivity contribution in [1.29, 1.82) is 0 Å². The number of rotatable bonds is 13. The molecular weight excluding hydrogens is 390 g/mol. The van der Waals surface area contributed by atoms with Crippen molar-refractivity contribution in [1.82, 2.24) is 0 Å². The van der Waals surface area contributed by atoms with Gasteiger partial charge in [-0.05, 0) is 6.42 Å². The summed E-state index contributed by atoms with van der Waals surface area (Å²) in [4.78, 5) is 56.2. The Hall–Kier alpha value is -0.880. The summed E-state index contributed by atoms with van der Waals surface area (Å²) in [6, 6.07) is 0. The van der Waals surface area contributed by atoms with Crippen molar-refractivity contribution in [3.05, 3.63) is 0 Å². The number of carbonyl (C=O) groups is 2. The molecule has 0 aromatic rings. The predicted molar refractivity (Wildman–Crippen MR) is 78.0 cm³/mol. The molecule has 0 saturated carbocycles. The van der Waals surface area contributed by atoms with Crippen molar-refractivity contribution >= 4 is 27.6 Å². The minimum Gasteiger partial charge on any atom is -0.481 e. The first-order chi connectivity index (χ1) is 11.3. The lowest BCUT2D eigenvalue weighted by Crippen LogP contribution is -2.26. The molecule has 0 saturated heterocycles. The van der Waals surface area contributed by atoms with Crippen molar-refractivity contribution in [3.63, 3.8) is 0 Å². The minimum atomic E-state index is -4.74. The molecule has 0 aromatic heterocycles. The van der Waals surface area contributed by atoms with E-state index in [9.17, 15) is 23.8 Å². The van der Waals surface area contributed by atoms with Gasteiger partial charge in [0.15, 0.2) is 0 Å². The number of ether oxygens (including phenoxy) is 1. The Morgan fingerprint density at radius 2 is 1.36 bits per heavy atom. The molecule has 0 aliphatic carbocycles. The van der Waals surface area contributed by atoms with Crippen molar-refractivity contribution in [3.8, 4) is 0 Å². The number of phosphoric ester groups is 2. The van der Waals surface area contributed by atoms with Crippen molar-refractivity contribution in [2.45, 2.75) is 37.9 Å². The van der Waals surface area contributed by atoms with E-state index >= 15 is 0 Å². The maximum Gasteiger partial charge on any atom is 0.469 e. The summed E-state index contributed by atoms with van der Waals surface area (Å²) in [6.07, 6.45) is -4.43. The third-order valence-corrected chi connectivity index (χ3v) is 3.55. The molecule has 15 heteroatoms. The highest BCUT2D eigenvalue weighted by Crippen LogP contribution is 2.36. The van der Waals surface area contributed by atoms with Crippen LogP contribution in [0.4, 0.5) is 0 Å². The Kier molecular flexibility index (Phi) is 10.6. The zero-order valence-electron chi connectivity index (χ0n) is 12.8. The quantitative estimate of drug-likeness (QED) is 0.161. The molecule has 13 nitrogen and oxygen atoms in total. The van der Waals surface area contributed by atoms with Crippen LogP contribution in [0, 0.1) is 0 Å². The van der Waals surface area contributed by atoms with Crippen LogP contribution in [-0.2, 0) is 32.5 Å². The first-order valence-corrected chi connectivity index (χ1v) is 9.84. The Labute approximate surface area is 142 Å². The number of phosphoric acid groups is 2. The number of hydrogen-bond acceptors (Lipinski definition) is 8. The molecule has 25 heavy (non-hydrogen) atoms. The van der Waals surface area contributed by atoms with Crippen LogP contribution in [0.1, 0.15) is 25.7 Å². The van der Waals surface area contributed by atoms with Gasteiger partial charge in [0.1, 0.15) is 6.10 Å². The van der Waals surface area contributed by atoms with Crippen LogP contribution >= 0.6 is 15.6 Å². The summed E-state index contributed by atoms with van der Waals surface area (Å²) in [6.45, 7) is -1.08. The lowest BCUT2D eigenvalue weighted by molar-refractivity contribution is -0.155. The monoisotopic (exact) mass is 410 g/mol. The molecule has 2 atom stereocenters. The molecule has 0 spiro atoms. The number of carbonyl (C=O) groups excluding carboxylic acids is 1. The molecule has 0 amide bonds. The zero-order chi connectivity index (χ0) is 19.7. The van der Waals surface area contributed by atoms with Crippen molar-refractivity contribution in [2.24, 2.45) is 0 Å². The van der Waals surface area contributed by atoms with Gasteiger partial charge in [-0.25, -0.2) is 9.13 Å². The maximum atomic E-state index is 11.6. The summed E-state index contributed by atoms with van der Waals surface area (Å²) in [7, 11) is -9.44. The predicted octanol–water partition coefficient (Wildman–Crippen LogP) is -0.877. The fourth-order valence-corrected chi connectivity index (χ4v) is 2.22. The first kappa shape index (κ1) is 24.1. The highest BCUT2D eigenvalue weighted by Gasteiger charge is 2.23. The van der Waals surface area contributed by atoms with Crippen LogP contribution < -0.4 is 0 Å². The number of aliphatic hydroxyl groups is 1. The topological polar surface area (TPSA) is 217 Å². The smallest absolute Gasteiger partial charge is 0.469 e. The largest absolute Gasteiger partial charge is 0.481 e. The van der Waals surface area contributed by atoms with Crippen LogP contribution in [0.3, 0.4) is 0 Å². The van der Waals surface area contributed by atoms with E-state index < -0.39 is 65.8 Å². The Morgan fingerprint density at radius 3 is 1.80 bits per heavy atom. The molecule has 148 valence electrons. The molecule has 0 bridgehead atoms. The summed E-state index contributed by atoms with van der Waals surface area (Å²) in [5.74, 6) is -2.34. The Bertz CT molecular complexity index is 523. The average molecular weight is 410 g/mol. The lowest BCUT2D eigenvalue weighted by Gasteiger charge is -2.17. The van der Waals surface area contributed by atoms with Gasteiger partial charge < -0.3 is 34.5 Å². The van der Waals surface area contributed by atoms with Gasteiger partial charge in [0.05, 0.1) is 32.2 Å². The van der Waals surface area contributed by atoms with E-state index in [-0.39, 0.29) is 12.8 Å². The highest BCUT2D eigenvalue weighted by molar-refractivity contribution is 7.46. The van der Waals surface area contributed by atoms with Gasteiger partial charge in [-0.3, -0.25) is 18.6 Å². The summed E-state index contributed by atoms with van der Waals surface area (Å²) in [5, 5.41) is 18.2. The van der Waals surface area contributed by atoms with Crippen molar-refractivity contribution < 1.29 is 62.3 Å². The molecule has 0 radical (unpaired) electrons. The van der Waals surface area contributed by atoms with Gasteiger partial charge in [0.25, 0.3) is 0 Å². The third kappa shape index (κ3) is 16.3. The number of esters is 1. The number of hydrogen-bond donors (Lipinski definition) is 6. The average Bonchev–Trinajstić information content (AvgIpc) is 2.33. The van der Waals surface area contributed by atoms with Crippen LogP contribution in [0.15, 0.2) is 0 Å². The fourth-order valence-electron chi connectivity index (χ4n) is 1.54. The molecular formula is C10H20O13P2. The second kappa shape index (κ2) is 11.0. The first-order valence-electron chi connectivity index (χ1n) is 6.78. The summed E-state index contributed by atoms with van der Waals surface area (Å²) in [5.41, 5.74) is 0. The summed E-state index contributed by atoms with van der Waals surface area (Å²) < 4.78 is 34.0. The molecule has 2 unspecified atom stereocenters. The molecule has 0 aliphatic heterocycles. The second-order valence-corrected chi connectivity index (χ2v) is 7.27. The van der Waals surface area contributed by atoms with E-state index in [1.807, 2.05) is 0 Å². The van der Waals surface area contributed by atoms with Gasteiger partial charge >= 0.3 is 27.6 Å². The lowest BCUT2D eigenvalue weighted by atomic mass is 10.1. The molecule has 6 N–H and O–H groups in total. The molecule has 0 aromatic carbocycles. The van der Waals surface area contributed by atoms with E-state index in [0.29, 0.717) is 0 Å². The molecule has 0 fully saturated rings. The normalized spacial score (nSPS) is 14.8. The SMILES string of the molecule is O=C(O)CC(CCOP(=O)(O)O)OC(=O)CC(O)CCOP(=O)(O)O. The third-order valence-electron chi connectivity index (χ3n) is 2.51. The minimum absolute atomic E-state index is 0.287. The van der Waals surface area contributed by atoms with Gasteiger partial charge in [-0.15, -0.1) is 0 Å². The number of aliphatic hydroxyl groups excluding tert-OH is 1. The van der Waals surface area contributed by atoms with E-state index in [1.54, 1.807) is 0 Å². The van der Waals surface area contributed by atoms with E-state index in [1.165, 1.54) is 0 Å². The van der Waals surface area contributed by atoms with E-state index in [4.69, 9.17) is 29.4 Å². The van der Waals surface area contributed by atoms with E-state index in [2.05, 4.69) is 9.05 Å². The van der Waals surface area contributed by atoms with Crippen molar-refractivity contribution in [2.75, 3.05) is 13.2 Å². The van der Waals surface area contributed by atoms with Crippen LogP contribution in [0.2, 0.25) is 0 Å². The van der Waals surface area contributed by atoms with Crippen LogP contribution in [0.5, 0.6) is 0 Å². The highest BCUT2D eigenvalue weighted by atomic mass is 31.2. The number of aliphatic carboxylic acids is 1. The van der Waals surface area contributed by atoms with Crippen LogP contribution in [0.25, 0.3) is 0 Å². The fraction of sp³-hybridized carbons (Fsp3) is 0.800. The molecule has 0 rings (SSSR count). The Morgan fingerprint density at radius 1 is 0.880 bits per heavy atom. The number of carboxylic acid groups (broad SMARTS) is 1. The second-order valence-electron chi connectivity index (χ2n) is 4.79. The zero-order valence-corrected chi connectivity index (χ0v) is 14.6. The Balaban J connectivity index is 4.33. The number of carboxylic acids is 1. The van der Waals surface area contributed by atoms with Crippen LogP contribution in [-0.4, -0.2) is 67.1 Å².